The molecule has 0 aliphatic carbocycles. The number of nitrogens with zero attached hydrogens (tertiary/aromatic N) is 2. The van der Waals surface area contributed by atoms with Crippen LogP contribution in [-0.2, 0) is 14.8 Å². The van der Waals surface area contributed by atoms with Crippen LogP contribution in [-0.4, -0.2) is 65.7 Å². The highest BCUT2D eigenvalue weighted by Crippen LogP contribution is 2.18. The highest BCUT2D eigenvalue weighted by Gasteiger charge is 2.16. The predicted molar refractivity (Wildman–Crippen MR) is 124 cm³/mol. The minimum atomic E-state index is -3.48. The van der Waals surface area contributed by atoms with Crippen LogP contribution in [0.3, 0.4) is 0 Å². The fourth-order valence-electron chi connectivity index (χ4n) is 3.01. The van der Waals surface area contributed by atoms with Gasteiger partial charge in [-0.05, 0) is 44.2 Å². The Morgan fingerprint density at radius 1 is 1.25 bits per heavy atom. The first-order valence-electron chi connectivity index (χ1n) is 9.65. The van der Waals surface area contributed by atoms with Crippen molar-refractivity contribution in [3.05, 3.63) is 30.3 Å². The van der Waals surface area contributed by atoms with Gasteiger partial charge in [0.15, 0.2) is 5.96 Å². The number of rotatable bonds is 9. The number of halogens is 1. The molecule has 7 nitrogen and oxygen atoms in total. The van der Waals surface area contributed by atoms with E-state index in [1.54, 1.807) is 30.3 Å². The summed E-state index contributed by atoms with van der Waals surface area (Å²) in [6.07, 6.45) is 3.37. The summed E-state index contributed by atoms with van der Waals surface area (Å²) in [4.78, 5) is 6.94. The minimum Gasteiger partial charge on any atom is -0.381 e. The first kappa shape index (κ1) is 25.1. The third kappa shape index (κ3) is 8.62. The maximum Gasteiger partial charge on any atom is 0.240 e. The Morgan fingerprint density at radius 3 is 2.57 bits per heavy atom. The Kier molecular flexibility index (Phi) is 12.0. The number of guanidine groups is 1. The molecule has 1 fully saturated rings. The standard InChI is InChI=1S/C19H32N4O3S.HI/c1-3-20-19(23(2)14-9-17-10-15-26-16-11-17)21-12-13-22-27(24,25)18-7-5-4-6-8-18;/h4-8,17,22H,3,9-16H2,1-2H3,(H,20,21);1H. The number of hydrogen-bond acceptors (Lipinski definition) is 4. The van der Waals surface area contributed by atoms with E-state index in [0.29, 0.717) is 12.5 Å². The number of benzene rings is 1. The van der Waals surface area contributed by atoms with Gasteiger partial charge in [0.25, 0.3) is 0 Å². The second kappa shape index (κ2) is 13.3. The number of ether oxygens (including phenoxy) is 1. The van der Waals surface area contributed by atoms with E-state index in [0.717, 1.165) is 51.5 Å². The summed E-state index contributed by atoms with van der Waals surface area (Å²) in [5.41, 5.74) is 0. The number of aliphatic imine (C=N–C) groups is 1. The lowest BCUT2D eigenvalue weighted by molar-refractivity contribution is 0.0625. The first-order valence-corrected chi connectivity index (χ1v) is 11.1. The van der Waals surface area contributed by atoms with Gasteiger partial charge in [-0.15, -0.1) is 24.0 Å². The van der Waals surface area contributed by atoms with Gasteiger partial charge in [-0.2, -0.15) is 0 Å². The fourth-order valence-corrected chi connectivity index (χ4v) is 4.05. The van der Waals surface area contributed by atoms with Gasteiger partial charge in [-0.25, -0.2) is 13.1 Å². The molecular formula is C19H33IN4O3S. The van der Waals surface area contributed by atoms with Gasteiger partial charge in [-0.3, -0.25) is 4.99 Å². The van der Waals surface area contributed by atoms with Crippen molar-refractivity contribution in [1.29, 1.82) is 0 Å². The zero-order valence-electron chi connectivity index (χ0n) is 16.8. The van der Waals surface area contributed by atoms with E-state index >= 15 is 0 Å². The molecule has 160 valence electrons. The Hall–Kier alpha value is -0.910. The van der Waals surface area contributed by atoms with E-state index < -0.39 is 10.0 Å². The highest BCUT2D eigenvalue weighted by molar-refractivity contribution is 14.0. The van der Waals surface area contributed by atoms with Crippen LogP contribution in [0, 0.1) is 5.92 Å². The molecule has 9 heteroatoms. The summed E-state index contributed by atoms with van der Waals surface area (Å²) < 4.78 is 32.4. The molecule has 1 aromatic carbocycles. The van der Waals surface area contributed by atoms with Crippen LogP contribution < -0.4 is 10.0 Å². The van der Waals surface area contributed by atoms with E-state index in [1.165, 1.54) is 0 Å². The molecule has 0 radical (unpaired) electrons. The third-order valence-electron chi connectivity index (χ3n) is 4.63. The topological polar surface area (TPSA) is 83.0 Å². The molecule has 0 saturated carbocycles. The maximum atomic E-state index is 12.2. The molecule has 1 aliphatic heterocycles. The van der Waals surface area contributed by atoms with Crippen molar-refractivity contribution >= 4 is 40.0 Å². The number of nitrogens with one attached hydrogen (secondary N) is 2. The van der Waals surface area contributed by atoms with Crippen molar-refractivity contribution in [2.75, 3.05) is 46.4 Å². The summed E-state index contributed by atoms with van der Waals surface area (Å²) in [5.74, 6) is 1.52. The van der Waals surface area contributed by atoms with Crippen molar-refractivity contribution in [2.24, 2.45) is 10.9 Å². The molecule has 1 saturated heterocycles. The van der Waals surface area contributed by atoms with Gasteiger partial charge in [0, 0.05) is 39.9 Å². The average Bonchev–Trinajstić information content (AvgIpc) is 2.70. The lowest BCUT2D eigenvalue weighted by Crippen LogP contribution is -2.40. The van der Waals surface area contributed by atoms with Crippen LogP contribution in [0.5, 0.6) is 0 Å². The second-order valence-electron chi connectivity index (χ2n) is 6.71. The first-order chi connectivity index (χ1) is 13.0. The zero-order chi connectivity index (χ0) is 19.5. The lowest BCUT2D eigenvalue weighted by atomic mass is 9.96. The van der Waals surface area contributed by atoms with Gasteiger partial charge in [-0.1, -0.05) is 18.2 Å². The summed E-state index contributed by atoms with van der Waals surface area (Å²) in [7, 11) is -1.46. The largest absolute Gasteiger partial charge is 0.381 e. The monoisotopic (exact) mass is 524 g/mol. The van der Waals surface area contributed by atoms with Gasteiger partial charge in [0.2, 0.25) is 10.0 Å². The van der Waals surface area contributed by atoms with Crippen LogP contribution in [0.25, 0.3) is 0 Å². The average molecular weight is 524 g/mol. The molecule has 0 unspecified atom stereocenters. The Balaban J connectivity index is 0.00000392. The lowest BCUT2D eigenvalue weighted by Gasteiger charge is -2.26. The summed E-state index contributed by atoms with van der Waals surface area (Å²) in [5, 5.41) is 3.27. The molecule has 0 atom stereocenters. The van der Waals surface area contributed by atoms with Gasteiger partial charge >= 0.3 is 0 Å². The molecule has 1 aromatic rings. The molecule has 1 heterocycles. The third-order valence-corrected chi connectivity index (χ3v) is 6.11. The molecule has 28 heavy (non-hydrogen) atoms. The van der Waals surface area contributed by atoms with Crippen molar-refractivity contribution in [2.45, 2.75) is 31.1 Å². The smallest absolute Gasteiger partial charge is 0.240 e. The second-order valence-corrected chi connectivity index (χ2v) is 8.48. The maximum absolute atomic E-state index is 12.2. The summed E-state index contributed by atoms with van der Waals surface area (Å²) in [6.45, 7) is 6.10. The summed E-state index contributed by atoms with van der Waals surface area (Å²) >= 11 is 0. The number of hydrogen-bond donors (Lipinski definition) is 2. The van der Waals surface area contributed by atoms with Crippen molar-refractivity contribution < 1.29 is 13.2 Å². The van der Waals surface area contributed by atoms with Crippen LogP contribution in [0.1, 0.15) is 26.2 Å². The van der Waals surface area contributed by atoms with E-state index in [-0.39, 0.29) is 35.4 Å². The molecular weight excluding hydrogens is 491 g/mol. The van der Waals surface area contributed by atoms with Crippen molar-refractivity contribution in [3.8, 4) is 0 Å². The molecule has 2 N–H and O–H groups in total. The van der Waals surface area contributed by atoms with Crippen molar-refractivity contribution in [1.82, 2.24) is 14.9 Å². The SMILES string of the molecule is CCNC(=NCCNS(=O)(=O)c1ccccc1)N(C)CCC1CCOCC1.I. The van der Waals surface area contributed by atoms with Crippen LogP contribution in [0.15, 0.2) is 40.2 Å². The zero-order valence-corrected chi connectivity index (χ0v) is 19.9. The van der Waals surface area contributed by atoms with Gasteiger partial charge in [0.1, 0.15) is 0 Å². The molecule has 1 aliphatic rings. The van der Waals surface area contributed by atoms with E-state index in [1.807, 2.05) is 14.0 Å². The van der Waals surface area contributed by atoms with Crippen molar-refractivity contribution in [3.63, 3.8) is 0 Å². The van der Waals surface area contributed by atoms with E-state index in [2.05, 4.69) is 19.9 Å². The predicted octanol–water partition coefficient (Wildman–Crippen LogP) is 2.30. The fraction of sp³-hybridized carbons (Fsp3) is 0.632. The van der Waals surface area contributed by atoms with Crippen LogP contribution >= 0.6 is 24.0 Å². The Labute approximate surface area is 186 Å². The Morgan fingerprint density at radius 2 is 1.93 bits per heavy atom. The highest BCUT2D eigenvalue weighted by atomic mass is 127. The van der Waals surface area contributed by atoms with Gasteiger partial charge < -0.3 is 15.0 Å². The summed E-state index contributed by atoms with van der Waals surface area (Å²) in [6, 6.07) is 8.38. The van der Waals surface area contributed by atoms with E-state index in [4.69, 9.17) is 4.74 Å². The van der Waals surface area contributed by atoms with Crippen LogP contribution in [0.4, 0.5) is 0 Å². The van der Waals surface area contributed by atoms with Crippen LogP contribution in [0.2, 0.25) is 0 Å². The quantitative estimate of drug-likeness (QED) is 0.224. The Bertz CT molecular complexity index is 680. The van der Waals surface area contributed by atoms with E-state index in [9.17, 15) is 8.42 Å². The molecule has 0 bridgehead atoms. The number of sulfonamides is 1. The molecule has 0 spiro atoms. The normalized spacial score (nSPS) is 15.7. The minimum absolute atomic E-state index is 0. The molecule has 2 rings (SSSR count). The molecule has 0 aromatic heterocycles. The molecule has 0 amide bonds. The van der Waals surface area contributed by atoms with Gasteiger partial charge in [0.05, 0.1) is 11.4 Å².